The summed E-state index contributed by atoms with van der Waals surface area (Å²) in [5.74, 6) is -2.55. The van der Waals surface area contributed by atoms with Gasteiger partial charge < -0.3 is 20.8 Å². The average Bonchev–Trinajstić information content (AvgIpc) is 2.16. The van der Waals surface area contributed by atoms with Crippen LogP contribution in [0.2, 0.25) is 0 Å². The molecule has 0 unspecified atom stereocenters. The van der Waals surface area contributed by atoms with Crippen LogP contribution in [-0.4, -0.2) is 41.0 Å². The van der Waals surface area contributed by atoms with Crippen molar-refractivity contribution in [2.75, 3.05) is 14.1 Å². The molecule has 0 fully saturated rings. The normalized spacial score (nSPS) is 9.88. The molecule has 0 radical (unpaired) electrons. The molecule has 6 nitrogen and oxygen atoms in total. The second kappa shape index (κ2) is 4.09. The predicted octanol–water partition coefficient (Wildman–Crippen LogP) is -0.101. The van der Waals surface area contributed by atoms with Crippen LogP contribution in [0, 0.1) is 0 Å². The van der Waals surface area contributed by atoms with Crippen molar-refractivity contribution in [3.8, 4) is 11.5 Å². The van der Waals surface area contributed by atoms with Gasteiger partial charge in [-0.15, -0.1) is 0 Å². The van der Waals surface area contributed by atoms with Gasteiger partial charge in [-0.1, -0.05) is 0 Å². The third-order valence-electron chi connectivity index (χ3n) is 2.04. The maximum atomic E-state index is 11.6. The Morgan fingerprint density at radius 3 is 2.25 bits per heavy atom. The first-order chi connectivity index (χ1) is 7.36. The van der Waals surface area contributed by atoms with Crippen LogP contribution >= 0.6 is 0 Å². The number of benzene rings is 1. The van der Waals surface area contributed by atoms with Crippen LogP contribution in [0.15, 0.2) is 12.1 Å². The molecule has 2 amide bonds. The Morgan fingerprint density at radius 1 is 1.25 bits per heavy atom. The number of hydrogen-bond acceptors (Lipinski definition) is 4. The molecule has 16 heavy (non-hydrogen) atoms. The highest BCUT2D eigenvalue weighted by atomic mass is 16.3. The number of hydrogen-bond donors (Lipinski definition) is 3. The average molecular weight is 224 g/mol. The molecule has 0 aromatic heterocycles. The standard InChI is InChI=1S/C10H12N2O4/c1-12(2)10(16)5-3-4-6(13)7(8(5)14)9(11)15/h3-4,13-14H,1-2H3,(H2,11,15). The van der Waals surface area contributed by atoms with Crippen molar-refractivity contribution in [1.82, 2.24) is 4.90 Å². The van der Waals surface area contributed by atoms with E-state index in [1.165, 1.54) is 25.1 Å². The first-order valence-electron chi connectivity index (χ1n) is 4.42. The summed E-state index contributed by atoms with van der Waals surface area (Å²) in [5, 5.41) is 19.0. The van der Waals surface area contributed by atoms with E-state index in [0.717, 1.165) is 6.07 Å². The van der Waals surface area contributed by atoms with E-state index in [1.807, 2.05) is 0 Å². The quantitative estimate of drug-likeness (QED) is 0.652. The molecule has 0 saturated carbocycles. The molecule has 0 heterocycles. The van der Waals surface area contributed by atoms with Crippen LogP contribution < -0.4 is 5.73 Å². The smallest absolute Gasteiger partial charge is 0.257 e. The highest BCUT2D eigenvalue weighted by molar-refractivity contribution is 6.04. The number of phenols is 2. The maximum Gasteiger partial charge on any atom is 0.257 e. The summed E-state index contributed by atoms with van der Waals surface area (Å²) in [6.07, 6.45) is 0. The van der Waals surface area contributed by atoms with Crippen molar-refractivity contribution < 1.29 is 19.8 Å². The van der Waals surface area contributed by atoms with Gasteiger partial charge >= 0.3 is 0 Å². The molecule has 0 atom stereocenters. The zero-order valence-corrected chi connectivity index (χ0v) is 8.89. The molecule has 0 bridgehead atoms. The van der Waals surface area contributed by atoms with Crippen molar-refractivity contribution in [3.63, 3.8) is 0 Å². The third-order valence-corrected chi connectivity index (χ3v) is 2.04. The Hall–Kier alpha value is -2.24. The maximum absolute atomic E-state index is 11.6. The number of nitrogens with two attached hydrogens (primary N) is 1. The molecule has 0 spiro atoms. The highest BCUT2D eigenvalue weighted by Gasteiger charge is 2.21. The van der Waals surface area contributed by atoms with Gasteiger partial charge in [-0.2, -0.15) is 0 Å². The molecule has 4 N–H and O–H groups in total. The topological polar surface area (TPSA) is 104 Å². The highest BCUT2D eigenvalue weighted by Crippen LogP contribution is 2.30. The van der Waals surface area contributed by atoms with Gasteiger partial charge in [0.05, 0.1) is 5.56 Å². The molecule has 86 valence electrons. The monoisotopic (exact) mass is 224 g/mol. The van der Waals surface area contributed by atoms with E-state index in [2.05, 4.69) is 0 Å². The minimum Gasteiger partial charge on any atom is -0.507 e. The minimum absolute atomic E-state index is 0.0865. The van der Waals surface area contributed by atoms with Gasteiger partial charge in [0.2, 0.25) is 0 Å². The lowest BCUT2D eigenvalue weighted by Gasteiger charge is -2.13. The lowest BCUT2D eigenvalue weighted by Crippen LogP contribution is -2.22. The summed E-state index contributed by atoms with van der Waals surface area (Å²) >= 11 is 0. The Balaban J connectivity index is 3.40. The number of carbonyl (C=O) groups excluding carboxylic acids is 2. The summed E-state index contributed by atoms with van der Waals surface area (Å²) in [5.41, 5.74) is 4.44. The van der Waals surface area contributed by atoms with Gasteiger partial charge in [-0.25, -0.2) is 0 Å². The van der Waals surface area contributed by atoms with Crippen LogP contribution in [0.4, 0.5) is 0 Å². The van der Waals surface area contributed by atoms with E-state index in [1.54, 1.807) is 0 Å². The summed E-state index contributed by atoms with van der Waals surface area (Å²) in [6, 6.07) is 2.36. The summed E-state index contributed by atoms with van der Waals surface area (Å²) < 4.78 is 0. The number of primary amides is 1. The number of aromatic hydroxyl groups is 2. The molecule has 1 aromatic carbocycles. The first kappa shape index (κ1) is 11.8. The van der Waals surface area contributed by atoms with E-state index < -0.39 is 28.9 Å². The Bertz CT molecular complexity index is 454. The van der Waals surface area contributed by atoms with Crippen molar-refractivity contribution in [2.45, 2.75) is 0 Å². The zero-order chi connectivity index (χ0) is 12.5. The molecule has 6 heteroatoms. The minimum atomic E-state index is -0.997. The van der Waals surface area contributed by atoms with Gasteiger partial charge in [0.25, 0.3) is 11.8 Å². The fraction of sp³-hybridized carbons (Fsp3) is 0.200. The van der Waals surface area contributed by atoms with Crippen LogP contribution in [0.3, 0.4) is 0 Å². The SMILES string of the molecule is CN(C)C(=O)c1ccc(O)c(C(N)=O)c1O. The zero-order valence-electron chi connectivity index (χ0n) is 8.89. The lowest BCUT2D eigenvalue weighted by atomic mass is 10.1. The number of amides is 2. The van der Waals surface area contributed by atoms with Crippen LogP contribution in [0.5, 0.6) is 11.5 Å². The fourth-order valence-electron chi connectivity index (χ4n) is 1.24. The molecule has 0 aliphatic carbocycles. The van der Waals surface area contributed by atoms with Gasteiger partial charge in [0.15, 0.2) is 0 Å². The van der Waals surface area contributed by atoms with E-state index in [9.17, 15) is 19.8 Å². The largest absolute Gasteiger partial charge is 0.507 e. The van der Waals surface area contributed by atoms with Crippen LogP contribution in [0.1, 0.15) is 20.7 Å². The molecule has 1 aromatic rings. The summed E-state index contributed by atoms with van der Waals surface area (Å²) in [6.45, 7) is 0. The predicted molar refractivity (Wildman–Crippen MR) is 56.3 cm³/mol. The Labute approximate surface area is 91.9 Å². The van der Waals surface area contributed by atoms with Crippen molar-refractivity contribution in [2.24, 2.45) is 5.73 Å². The number of rotatable bonds is 2. The second-order valence-electron chi connectivity index (χ2n) is 3.42. The Kier molecular flexibility index (Phi) is 3.03. The van der Waals surface area contributed by atoms with E-state index in [4.69, 9.17) is 5.73 Å². The molecule has 1 rings (SSSR count). The van der Waals surface area contributed by atoms with Gasteiger partial charge in [-0.3, -0.25) is 9.59 Å². The molecular weight excluding hydrogens is 212 g/mol. The van der Waals surface area contributed by atoms with Crippen molar-refractivity contribution in [1.29, 1.82) is 0 Å². The summed E-state index contributed by atoms with van der Waals surface area (Å²) in [4.78, 5) is 23.8. The van der Waals surface area contributed by atoms with Crippen molar-refractivity contribution >= 4 is 11.8 Å². The van der Waals surface area contributed by atoms with Gasteiger partial charge in [0, 0.05) is 14.1 Å². The van der Waals surface area contributed by atoms with Crippen LogP contribution in [-0.2, 0) is 0 Å². The molecule has 0 aliphatic heterocycles. The molecular formula is C10H12N2O4. The van der Waals surface area contributed by atoms with Crippen LogP contribution in [0.25, 0.3) is 0 Å². The first-order valence-corrected chi connectivity index (χ1v) is 4.42. The van der Waals surface area contributed by atoms with Gasteiger partial charge in [-0.05, 0) is 12.1 Å². The molecule has 0 saturated heterocycles. The summed E-state index contributed by atoms with van der Waals surface area (Å²) in [7, 11) is 3.00. The second-order valence-corrected chi connectivity index (χ2v) is 3.42. The van der Waals surface area contributed by atoms with E-state index >= 15 is 0 Å². The molecule has 0 aliphatic rings. The third kappa shape index (κ3) is 1.90. The fourth-order valence-corrected chi connectivity index (χ4v) is 1.24. The number of carbonyl (C=O) groups is 2. The van der Waals surface area contributed by atoms with Gasteiger partial charge in [0.1, 0.15) is 17.1 Å². The van der Waals surface area contributed by atoms with Crippen molar-refractivity contribution in [3.05, 3.63) is 23.3 Å². The number of nitrogens with zero attached hydrogens (tertiary/aromatic N) is 1. The van der Waals surface area contributed by atoms with E-state index in [-0.39, 0.29) is 5.56 Å². The van der Waals surface area contributed by atoms with E-state index in [0.29, 0.717) is 0 Å². The lowest BCUT2D eigenvalue weighted by molar-refractivity contribution is 0.0824. The Morgan fingerprint density at radius 2 is 1.81 bits per heavy atom.